The van der Waals surface area contributed by atoms with Gasteiger partial charge in [-0.3, -0.25) is 0 Å². The Balaban J connectivity index is 1.72. The number of aromatic nitrogens is 1. The summed E-state index contributed by atoms with van der Waals surface area (Å²) >= 11 is 1.59. The summed E-state index contributed by atoms with van der Waals surface area (Å²) in [7, 11) is 1.97. The van der Waals surface area contributed by atoms with Gasteiger partial charge in [0.25, 0.3) is 0 Å². The molecule has 1 aliphatic heterocycles. The van der Waals surface area contributed by atoms with Crippen molar-refractivity contribution in [2.24, 2.45) is 17.3 Å². The molecule has 0 bridgehead atoms. The van der Waals surface area contributed by atoms with E-state index in [1.165, 1.54) is 31.6 Å². The average Bonchev–Trinajstić information content (AvgIpc) is 3.09. The molecule has 98 valence electrons. The first-order chi connectivity index (χ1) is 9.33. The largest absolute Gasteiger partial charge is 0.408 e. The van der Waals surface area contributed by atoms with Crippen LogP contribution >= 0.6 is 11.3 Å². The summed E-state index contributed by atoms with van der Waals surface area (Å²) in [4.78, 5) is 2.42. The lowest BCUT2D eigenvalue weighted by atomic mass is 10.2. The van der Waals surface area contributed by atoms with Crippen molar-refractivity contribution in [1.82, 2.24) is 0 Å². The van der Waals surface area contributed by atoms with Gasteiger partial charge in [-0.2, -0.15) is 0 Å². The predicted molar refractivity (Wildman–Crippen MR) is 77.6 cm³/mol. The van der Waals surface area contributed by atoms with Crippen LogP contribution in [0.15, 0.2) is 46.1 Å². The van der Waals surface area contributed by atoms with Crippen molar-refractivity contribution < 1.29 is 4.57 Å². The third kappa shape index (κ3) is 2.81. The molecule has 0 N–H and O–H groups in total. The van der Waals surface area contributed by atoms with Crippen molar-refractivity contribution in [2.45, 2.75) is 12.8 Å². The average molecular weight is 273 g/mol. The fraction of sp³-hybridized carbons (Fsp3) is 0.357. The maximum Gasteiger partial charge on any atom is 0.408 e. The first kappa shape index (κ1) is 12.3. The lowest BCUT2D eigenvalue weighted by Crippen LogP contribution is -2.23. The van der Waals surface area contributed by atoms with E-state index >= 15 is 0 Å². The molecule has 0 saturated carbocycles. The molecule has 1 aromatic carbocycles. The highest BCUT2D eigenvalue weighted by atomic mass is 32.1. The van der Waals surface area contributed by atoms with E-state index in [9.17, 15) is 0 Å². The van der Waals surface area contributed by atoms with E-state index in [4.69, 9.17) is 0 Å². The van der Waals surface area contributed by atoms with Gasteiger partial charge >= 0.3 is 5.13 Å². The molecule has 1 aliphatic rings. The number of thiazole rings is 1. The maximum atomic E-state index is 4.27. The molecule has 0 amide bonds. The number of hydrogen-bond acceptors (Lipinski definition) is 4. The van der Waals surface area contributed by atoms with Crippen LogP contribution in [-0.2, 0) is 7.05 Å². The summed E-state index contributed by atoms with van der Waals surface area (Å²) in [6, 6.07) is 8.33. The molecule has 3 rings (SSSR count). The van der Waals surface area contributed by atoms with Gasteiger partial charge in [-0.25, -0.2) is 4.57 Å². The van der Waals surface area contributed by atoms with Crippen LogP contribution in [0.4, 0.5) is 16.5 Å². The number of azo groups is 1. The number of nitrogens with zero attached hydrogens (tertiary/aromatic N) is 4. The van der Waals surface area contributed by atoms with Crippen molar-refractivity contribution in [1.29, 1.82) is 0 Å². The Morgan fingerprint density at radius 2 is 1.84 bits per heavy atom. The first-order valence-electron chi connectivity index (χ1n) is 6.53. The van der Waals surface area contributed by atoms with Crippen LogP contribution < -0.4 is 9.47 Å². The zero-order valence-electron chi connectivity index (χ0n) is 11.0. The van der Waals surface area contributed by atoms with Crippen LogP contribution in [0.3, 0.4) is 0 Å². The zero-order valence-corrected chi connectivity index (χ0v) is 11.8. The van der Waals surface area contributed by atoms with Crippen LogP contribution in [0.1, 0.15) is 12.8 Å². The minimum atomic E-state index is 0.899. The van der Waals surface area contributed by atoms with Crippen molar-refractivity contribution in [2.75, 3.05) is 18.0 Å². The lowest BCUT2D eigenvalue weighted by Gasteiger charge is -2.16. The Morgan fingerprint density at radius 3 is 2.47 bits per heavy atom. The van der Waals surface area contributed by atoms with Crippen LogP contribution in [0.2, 0.25) is 0 Å². The van der Waals surface area contributed by atoms with Crippen molar-refractivity contribution in [3.05, 3.63) is 35.8 Å². The molecule has 0 unspecified atom stereocenters. The Labute approximate surface area is 117 Å². The molecule has 1 saturated heterocycles. The van der Waals surface area contributed by atoms with Gasteiger partial charge in [-0.05, 0) is 53.6 Å². The van der Waals surface area contributed by atoms with Crippen LogP contribution in [-0.4, -0.2) is 13.1 Å². The van der Waals surface area contributed by atoms with E-state index in [0.29, 0.717) is 0 Å². The number of anilines is 1. The van der Waals surface area contributed by atoms with Crippen molar-refractivity contribution in [3.63, 3.8) is 0 Å². The molecular weight excluding hydrogens is 256 g/mol. The molecular formula is C14H17N4S+. The summed E-state index contributed by atoms with van der Waals surface area (Å²) in [5.41, 5.74) is 2.19. The third-order valence-electron chi connectivity index (χ3n) is 3.33. The number of benzene rings is 1. The number of rotatable bonds is 3. The molecule has 0 spiro atoms. The molecule has 0 atom stereocenters. The van der Waals surface area contributed by atoms with Gasteiger partial charge in [0.1, 0.15) is 11.9 Å². The maximum absolute atomic E-state index is 4.27. The van der Waals surface area contributed by atoms with Gasteiger partial charge in [0, 0.05) is 24.2 Å². The fourth-order valence-corrected chi connectivity index (χ4v) is 2.91. The predicted octanol–water partition coefficient (Wildman–Crippen LogP) is 3.59. The van der Waals surface area contributed by atoms with Gasteiger partial charge in [-0.15, -0.1) is 0 Å². The molecule has 19 heavy (non-hydrogen) atoms. The molecule has 1 fully saturated rings. The second-order valence-electron chi connectivity index (χ2n) is 4.71. The van der Waals surface area contributed by atoms with Gasteiger partial charge < -0.3 is 4.90 Å². The van der Waals surface area contributed by atoms with E-state index in [2.05, 4.69) is 27.3 Å². The van der Waals surface area contributed by atoms with E-state index in [0.717, 1.165) is 10.8 Å². The van der Waals surface area contributed by atoms with E-state index in [-0.39, 0.29) is 0 Å². The molecule has 1 aromatic heterocycles. The summed E-state index contributed by atoms with van der Waals surface area (Å²) in [6.07, 6.45) is 4.59. The number of aryl methyl sites for hydroxylation is 1. The highest BCUT2D eigenvalue weighted by Gasteiger charge is 2.12. The van der Waals surface area contributed by atoms with Gasteiger partial charge in [-0.1, -0.05) is 0 Å². The second-order valence-corrected chi connectivity index (χ2v) is 5.58. The van der Waals surface area contributed by atoms with E-state index < -0.39 is 0 Å². The lowest BCUT2D eigenvalue weighted by molar-refractivity contribution is -0.654. The monoisotopic (exact) mass is 273 g/mol. The highest BCUT2D eigenvalue weighted by molar-refractivity contribution is 7.12. The molecule has 4 nitrogen and oxygen atoms in total. The summed E-state index contributed by atoms with van der Waals surface area (Å²) < 4.78 is 1.97. The van der Waals surface area contributed by atoms with Crippen LogP contribution in [0.25, 0.3) is 0 Å². The topological polar surface area (TPSA) is 31.8 Å². The Kier molecular flexibility index (Phi) is 3.55. The van der Waals surface area contributed by atoms with Crippen molar-refractivity contribution >= 4 is 27.8 Å². The minimum absolute atomic E-state index is 0.899. The summed E-state index contributed by atoms with van der Waals surface area (Å²) in [5.74, 6) is 0. The Morgan fingerprint density at radius 1 is 1.11 bits per heavy atom. The van der Waals surface area contributed by atoms with Gasteiger partial charge in [0.15, 0.2) is 0 Å². The smallest absolute Gasteiger partial charge is 0.372 e. The van der Waals surface area contributed by atoms with Gasteiger partial charge in [0.05, 0.1) is 12.2 Å². The standard InChI is InChI=1S/C14H17N4S/c1-17-10-11-19-14(17)16-15-12-4-6-13(7-5-12)18-8-2-3-9-18/h4-7,10-11H,2-3,8-9H2,1H3/q+1. The van der Waals surface area contributed by atoms with Crippen LogP contribution in [0, 0.1) is 0 Å². The van der Waals surface area contributed by atoms with Crippen molar-refractivity contribution in [3.8, 4) is 0 Å². The fourth-order valence-electron chi connectivity index (χ4n) is 2.23. The SMILES string of the molecule is C[n+]1ccsc1/N=N/c1ccc(N2CCCC2)cc1. The summed E-state index contributed by atoms with van der Waals surface area (Å²) in [6.45, 7) is 2.35. The van der Waals surface area contributed by atoms with Crippen LogP contribution in [0.5, 0.6) is 0 Å². The third-order valence-corrected chi connectivity index (χ3v) is 4.17. The quantitative estimate of drug-likeness (QED) is 0.621. The molecule has 0 aliphatic carbocycles. The highest BCUT2D eigenvalue weighted by Crippen LogP contribution is 2.24. The summed E-state index contributed by atoms with van der Waals surface area (Å²) in [5, 5.41) is 11.4. The molecule has 2 heterocycles. The Bertz CT molecular complexity index is 567. The molecule has 2 aromatic rings. The molecule has 0 radical (unpaired) electrons. The second kappa shape index (κ2) is 5.48. The van der Waals surface area contributed by atoms with Gasteiger partial charge in [0.2, 0.25) is 0 Å². The normalized spacial score (nSPS) is 15.5. The van der Waals surface area contributed by atoms with E-state index in [1.54, 1.807) is 11.3 Å². The number of hydrogen-bond donors (Lipinski definition) is 0. The molecule has 5 heteroatoms. The minimum Gasteiger partial charge on any atom is -0.372 e. The first-order valence-corrected chi connectivity index (χ1v) is 7.41. The zero-order chi connectivity index (χ0) is 13.1. The van der Waals surface area contributed by atoms with E-state index in [1.807, 2.05) is 35.3 Å². The Hall–Kier alpha value is -1.75.